The Bertz CT molecular complexity index is 806. The highest BCUT2D eigenvalue weighted by Gasteiger charge is 2.46. The van der Waals surface area contributed by atoms with Crippen LogP contribution in [0.15, 0.2) is 72.6 Å². The first-order valence-corrected chi connectivity index (χ1v) is 10.3. The molecule has 0 spiro atoms. The maximum absolute atomic E-state index is 14.4. The zero-order valence-electron chi connectivity index (χ0n) is 15.6. The van der Waals surface area contributed by atoms with Crippen molar-refractivity contribution in [2.45, 2.75) is 6.42 Å². The summed E-state index contributed by atoms with van der Waals surface area (Å²) in [5.41, 5.74) is 1.71. The van der Waals surface area contributed by atoms with Crippen LogP contribution in [0.2, 0.25) is 0 Å². The molecule has 2 aromatic carbocycles. The Morgan fingerprint density at radius 2 is 1.48 bits per heavy atom. The molecule has 0 N–H and O–H groups in total. The molecule has 1 heterocycles. The first kappa shape index (κ1) is 19.2. The van der Waals surface area contributed by atoms with E-state index in [9.17, 15) is 9.36 Å². The van der Waals surface area contributed by atoms with Crippen molar-refractivity contribution in [3.8, 4) is 0 Å². The summed E-state index contributed by atoms with van der Waals surface area (Å²) in [4.78, 5) is 17.3. The number of carbonyl (C=O) groups is 1. The Labute approximate surface area is 160 Å². The van der Waals surface area contributed by atoms with Crippen LogP contribution >= 0.6 is 7.44 Å². The van der Waals surface area contributed by atoms with Crippen molar-refractivity contribution in [1.29, 1.82) is 0 Å². The van der Waals surface area contributed by atoms with Crippen molar-refractivity contribution < 1.29 is 14.2 Å². The van der Waals surface area contributed by atoms with Crippen molar-refractivity contribution in [1.82, 2.24) is 5.06 Å². The van der Waals surface area contributed by atoms with E-state index < -0.39 is 7.44 Å². The molecule has 1 amide bonds. The minimum absolute atomic E-state index is 0.0473. The molecule has 27 heavy (non-hydrogen) atoms. The van der Waals surface area contributed by atoms with Crippen molar-refractivity contribution in [2.24, 2.45) is 0 Å². The first-order valence-electron chi connectivity index (χ1n) is 8.73. The van der Waals surface area contributed by atoms with Gasteiger partial charge in [-0.15, -0.1) is 0 Å². The van der Waals surface area contributed by atoms with Gasteiger partial charge in [0.25, 0.3) is 13.4 Å². The van der Waals surface area contributed by atoms with E-state index in [1.807, 2.05) is 70.0 Å². The van der Waals surface area contributed by atoms with Gasteiger partial charge in [0, 0.05) is 36.8 Å². The number of carbonyl (C=O) groups excluding carboxylic acids is 1. The van der Waals surface area contributed by atoms with Crippen LogP contribution in [0.1, 0.15) is 6.42 Å². The van der Waals surface area contributed by atoms with Gasteiger partial charge in [-0.05, 0) is 24.3 Å². The third-order valence-corrected chi connectivity index (χ3v) is 7.83. The molecule has 0 unspecified atom stereocenters. The van der Waals surface area contributed by atoms with Gasteiger partial charge in [-0.25, -0.2) is 5.06 Å². The zero-order valence-corrected chi connectivity index (χ0v) is 16.5. The van der Waals surface area contributed by atoms with Crippen molar-refractivity contribution in [3.05, 3.63) is 72.6 Å². The summed E-state index contributed by atoms with van der Waals surface area (Å²) in [6.07, 6.45) is -0.0473. The largest absolute Gasteiger partial charge is 0.302 e. The predicted octanol–water partition coefficient (Wildman–Crippen LogP) is 4.13. The number of para-hydroxylation sites is 2. The molecule has 3 rings (SSSR count). The number of benzene rings is 2. The molecule has 0 bridgehead atoms. The molecule has 2 aromatic rings. The van der Waals surface area contributed by atoms with Gasteiger partial charge >= 0.3 is 0 Å². The molecule has 1 fully saturated rings. The number of rotatable bonds is 6. The molecule has 1 aliphatic rings. The summed E-state index contributed by atoms with van der Waals surface area (Å²) in [5.74, 6) is -0.286. The topological polar surface area (TPSA) is 53.1 Å². The molecule has 142 valence electrons. The first-order chi connectivity index (χ1) is 13.0. The van der Waals surface area contributed by atoms with E-state index in [4.69, 9.17) is 4.84 Å². The fourth-order valence-electron chi connectivity index (χ4n) is 3.19. The third-order valence-electron chi connectivity index (χ3n) is 4.68. The summed E-state index contributed by atoms with van der Waals surface area (Å²) in [5, 5.41) is 1.52. The lowest BCUT2D eigenvalue weighted by Gasteiger charge is -2.34. The molecule has 7 heteroatoms. The average molecular weight is 385 g/mol. The van der Waals surface area contributed by atoms with Crippen LogP contribution in [0.3, 0.4) is 0 Å². The minimum Gasteiger partial charge on any atom is -0.302 e. The number of hydrogen-bond acceptors (Lipinski definition) is 3. The Balaban J connectivity index is 2.00. The van der Waals surface area contributed by atoms with Crippen LogP contribution in [0.25, 0.3) is 0 Å². The molecule has 0 aromatic heterocycles. The number of nitrogens with zero attached hydrogens (tertiary/aromatic N) is 3. The van der Waals surface area contributed by atoms with Gasteiger partial charge < -0.3 is 9.34 Å². The number of hydroxylamine groups is 2. The smallest absolute Gasteiger partial charge is 0.288 e. The summed E-state index contributed by atoms with van der Waals surface area (Å²) in [6.45, 7) is 5.24. The van der Waals surface area contributed by atoms with E-state index in [1.165, 1.54) is 14.2 Å². The molecule has 0 atom stereocenters. The molecule has 0 saturated carbocycles. The molecule has 0 aliphatic carbocycles. The second kappa shape index (κ2) is 7.99. The van der Waals surface area contributed by atoms with Crippen molar-refractivity contribution in [3.63, 3.8) is 0 Å². The average Bonchev–Trinajstić information content (AvgIpc) is 3.07. The standard InChI is InChI=1S/C20H24N3O3P/c1-17(16-20(24)21(2)26-3)27(25)22(18-10-6-4-7-11-18)14-15-23(27)19-12-8-5-9-13-19/h4-13H,1,14-16H2,2-3H3. The van der Waals surface area contributed by atoms with Gasteiger partial charge in [0.15, 0.2) is 0 Å². The fourth-order valence-corrected chi connectivity index (χ4v) is 6.09. The van der Waals surface area contributed by atoms with Crippen LogP contribution in [0, 0.1) is 0 Å². The van der Waals surface area contributed by atoms with Crippen molar-refractivity contribution >= 4 is 24.7 Å². The van der Waals surface area contributed by atoms with Crippen LogP contribution in [-0.4, -0.2) is 38.2 Å². The number of amides is 1. The normalized spacial score (nSPS) is 15.6. The lowest BCUT2D eigenvalue weighted by Crippen LogP contribution is -2.27. The minimum atomic E-state index is -3.26. The predicted molar refractivity (Wildman–Crippen MR) is 109 cm³/mol. The SMILES string of the molecule is C=C(CC(=O)N(C)OC)P1(=O)N(c2ccccc2)CCN1c1ccccc1. The molecule has 1 saturated heterocycles. The lowest BCUT2D eigenvalue weighted by molar-refractivity contribution is -0.167. The molecule has 0 radical (unpaired) electrons. The van der Waals surface area contributed by atoms with Gasteiger partial charge in [0.2, 0.25) is 0 Å². The monoisotopic (exact) mass is 385 g/mol. The van der Waals surface area contributed by atoms with Crippen molar-refractivity contribution in [2.75, 3.05) is 36.6 Å². The van der Waals surface area contributed by atoms with E-state index in [-0.39, 0.29) is 12.3 Å². The van der Waals surface area contributed by atoms with Gasteiger partial charge in [0.1, 0.15) is 0 Å². The van der Waals surface area contributed by atoms with Gasteiger partial charge in [0.05, 0.1) is 13.5 Å². The van der Waals surface area contributed by atoms with Gasteiger partial charge in [-0.2, -0.15) is 0 Å². The zero-order chi connectivity index (χ0) is 19.4. The quantitative estimate of drug-likeness (QED) is 0.553. The molecular weight excluding hydrogens is 361 g/mol. The lowest BCUT2D eigenvalue weighted by atomic mass is 10.3. The third kappa shape index (κ3) is 3.64. The van der Waals surface area contributed by atoms with Crippen LogP contribution in [0.5, 0.6) is 0 Å². The van der Waals surface area contributed by atoms with E-state index in [0.29, 0.717) is 18.4 Å². The van der Waals surface area contributed by atoms with Crippen LogP contribution in [-0.2, 0) is 14.2 Å². The maximum atomic E-state index is 14.4. The van der Waals surface area contributed by atoms with Gasteiger partial charge in [-0.1, -0.05) is 43.0 Å². The number of hydrogen-bond donors (Lipinski definition) is 0. The number of anilines is 2. The second-order valence-corrected chi connectivity index (χ2v) is 8.96. The van der Waals surface area contributed by atoms with E-state index in [1.54, 1.807) is 0 Å². The Morgan fingerprint density at radius 3 is 1.89 bits per heavy atom. The second-order valence-electron chi connectivity index (χ2n) is 6.28. The molecule has 1 aliphatic heterocycles. The summed E-state index contributed by atoms with van der Waals surface area (Å²) in [6, 6.07) is 19.2. The molecular formula is C20H24N3O3P. The van der Waals surface area contributed by atoms with Crippen LogP contribution in [0.4, 0.5) is 11.4 Å². The summed E-state index contributed by atoms with van der Waals surface area (Å²) < 4.78 is 18.1. The van der Waals surface area contributed by atoms with Gasteiger partial charge in [-0.3, -0.25) is 14.2 Å². The fraction of sp³-hybridized carbons (Fsp3) is 0.250. The Hall–Kier alpha value is -2.56. The highest BCUT2D eigenvalue weighted by molar-refractivity contribution is 7.71. The highest BCUT2D eigenvalue weighted by Crippen LogP contribution is 2.65. The highest BCUT2D eigenvalue weighted by atomic mass is 31.2. The van der Waals surface area contributed by atoms with E-state index in [2.05, 4.69) is 6.58 Å². The summed E-state index contributed by atoms with van der Waals surface area (Å²) in [7, 11) is -0.307. The van der Waals surface area contributed by atoms with Crippen LogP contribution < -0.4 is 9.34 Å². The summed E-state index contributed by atoms with van der Waals surface area (Å²) >= 11 is 0. The van der Waals surface area contributed by atoms with E-state index in [0.717, 1.165) is 16.4 Å². The maximum Gasteiger partial charge on any atom is 0.288 e. The van der Waals surface area contributed by atoms with E-state index >= 15 is 0 Å². The Morgan fingerprint density at radius 1 is 1.04 bits per heavy atom. The molecule has 6 nitrogen and oxygen atoms in total. The Kier molecular flexibility index (Phi) is 5.68.